The van der Waals surface area contributed by atoms with Gasteiger partial charge in [0, 0.05) is 24.0 Å². The summed E-state index contributed by atoms with van der Waals surface area (Å²) in [6.45, 7) is 5.11. The van der Waals surface area contributed by atoms with Gasteiger partial charge in [-0.2, -0.15) is 0 Å². The van der Waals surface area contributed by atoms with Crippen molar-refractivity contribution in [1.82, 2.24) is 4.90 Å². The number of hydrogen-bond acceptors (Lipinski definition) is 3. The summed E-state index contributed by atoms with van der Waals surface area (Å²) in [4.78, 5) is 14.5. The summed E-state index contributed by atoms with van der Waals surface area (Å²) < 4.78 is 0.727. The van der Waals surface area contributed by atoms with Crippen LogP contribution in [0.2, 0.25) is 0 Å². The fourth-order valence-corrected chi connectivity index (χ4v) is 2.26. The average Bonchev–Trinajstić information content (AvgIpc) is 2.33. The lowest BCUT2D eigenvalue weighted by Crippen LogP contribution is -2.36. The first-order chi connectivity index (χ1) is 9.31. The lowest BCUT2D eigenvalue weighted by molar-refractivity contribution is 0.0738. The number of hydrogen-bond donors (Lipinski definition) is 2. The third-order valence-electron chi connectivity index (χ3n) is 2.69. The number of benzene rings is 1. The maximum Gasteiger partial charge on any atom is 0.257 e. The molecule has 0 radical (unpaired) electrons. The molecule has 3 N–H and O–H groups in total. The largest absolute Gasteiger partial charge is 0.507 e. The number of carbonyl (C=O) groups is 1. The molecule has 0 aliphatic rings. The lowest BCUT2D eigenvalue weighted by atomic mass is 10.1. The molecule has 1 rings (SSSR count). The van der Waals surface area contributed by atoms with Gasteiger partial charge < -0.3 is 15.7 Å². The lowest BCUT2D eigenvalue weighted by Gasteiger charge is -2.25. The number of halogens is 1. The van der Waals surface area contributed by atoms with Crippen molar-refractivity contribution in [2.75, 3.05) is 13.1 Å². The molecule has 0 bridgehead atoms. The Morgan fingerprint density at radius 3 is 2.65 bits per heavy atom. The molecule has 6 heteroatoms. The van der Waals surface area contributed by atoms with Gasteiger partial charge in [0.25, 0.3) is 5.91 Å². The Bertz CT molecular complexity index is 506. The molecule has 0 heterocycles. The first-order valence-corrected chi connectivity index (χ1v) is 7.57. The number of carbonyl (C=O) groups excluding carboxylic acids is 1. The average molecular weight is 359 g/mol. The maximum atomic E-state index is 12.5. The maximum absolute atomic E-state index is 12.5. The molecule has 0 aliphatic heterocycles. The first-order valence-electron chi connectivity index (χ1n) is 6.37. The van der Waals surface area contributed by atoms with E-state index in [0.29, 0.717) is 30.4 Å². The minimum absolute atomic E-state index is 0.0338. The summed E-state index contributed by atoms with van der Waals surface area (Å²) in [5, 5.41) is 9.89. The molecule has 0 aliphatic carbocycles. The van der Waals surface area contributed by atoms with Crippen LogP contribution in [0.3, 0.4) is 0 Å². The summed E-state index contributed by atoms with van der Waals surface area (Å²) >= 11 is 8.11. The van der Waals surface area contributed by atoms with Crippen LogP contribution < -0.4 is 5.73 Å². The number of nitrogens with zero attached hydrogens (tertiary/aromatic N) is 1. The highest BCUT2D eigenvalue weighted by Gasteiger charge is 2.20. The Hall–Kier alpha value is -1.14. The van der Waals surface area contributed by atoms with Crippen molar-refractivity contribution in [3.63, 3.8) is 0 Å². The van der Waals surface area contributed by atoms with Gasteiger partial charge in [0.1, 0.15) is 5.75 Å². The molecule has 0 unspecified atom stereocenters. The summed E-state index contributed by atoms with van der Waals surface area (Å²) in [5.74, 6) is 0.0799. The molecule has 0 aromatic heterocycles. The smallest absolute Gasteiger partial charge is 0.257 e. The summed E-state index contributed by atoms with van der Waals surface area (Å²) in [7, 11) is 0. The van der Waals surface area contributed by atoms with Crippen LogP contribution in [0, 0.1) is 5.92 Å². The van der Waals surface area contributed by atoms with Gasteiger partial charge in [-0.05, 0) is 24.1 Å². The second-order valence-corrected chi connectivity index (χ2v) is 6.46. The molecular formula is C14H19BrN2O2S. The van der Waals surface area contributed by atoms with Crippen LogP contribution in [0.5, 0.6) is 5.75 Å². The zero-order valence-corrected chi connectivity index (χ0v) is 14.0. The zero-order valence-electron chi connectivity index (χ0n) is 11.6. The fourth-order valence-electron chi connectivity index (χ4n) is 1.82. The van der Waals surface area contributed by atoms with E-state index in [1.807, 2.05) is 13.8 Å². The SMILES string of the molecule is CC(C)CN(CCC(N)=S)C(=O)c1ccc(Br)cc1O. The zero-order chi connectivity index (χ0) is 15.3. The summed E-state index contributed by atoms with van der Waals surface area (Å²) in [6, 6.07) is 4.85. The van der Waals surface area contributed by atoms with Crippen molar-refractivity contribution < 1.29 is 9.90 Å². The number of rotatable bonds is 6. The minimum atomic E-state index is -0.208. The standard InChI is InChI=1S/C14H19BrN2O2S/c1-9(2)8-17(6-5-13(16)20)14(19)11-4-3-10(15)7-12(11)18/h3-4,7,9,18H,5-6,8H2,1-2H3,(H2,16,20). The number of phenols is 1. The predicted octanol–water partition coefficient (Wildman–Crippen LogP) is 2.93. The number of nitrogens with two attached hydrogens (primary N) is 1. The Balaban J connectivity index is 2.93. The second kappa shape index (κ2) is 7.59. The first kappa shape index (κ1) is 16.9. The van der Waals surface area contributed by atoms with E-state index in [1.54, 1.807) is 17.0 Å². The van der Waals surface area contributed by atoms with Gasteiger partial charge >= 0.3 is 0 Å². The molecule has 1 amide bonds. The van der Waals surface area contributed by atoms with Gasteiger partial charge in [0.2, 0.25) is 0 Å². The van der Waals surface area contributed by atoms with Crippen molar-refractivity contribution in [3.8, 4) is 5.75 Å². The molecule has 1 aromatic carbocycles. The van der Waals surface area contributed by atoms with Crippen molar-refractivity contribution in [2.24, 2.45) is 11.7 Å². The number of thiocarbonyl (C=S) groups is 1. The Kier molecular flexibility index (Phi) is 6.42. The van der Waals surface area contributed by atoms with Crippen LogP contribution in [-0.2, 0) is 0 Å². The van der Waals surface area contributed by atoms with Gasteiger partial charge in [-0.1, -0.05) is 42.0 Å². The highest BCUT2D eigenvalue weighted by molar-refractivity contribution is 9.10. The molecule has 110 valence electrons. The molecule has 20 heavy (non-hydrogen) atoms. The van der Waals surface area contributed by atoms with Crippen LogP contribution in [0.25, 0.3) is 0 Å². The Labute approximate surface area is 133 Å². The number of phenolic OH excluding ortho intramolecular Hbond substituents is 1. The molecule has 1 aromatic rings. The van der Waals surface area contributed by atoms with Crippen LogP contribution in [0.1, 0.15) is 30.6 Å². The van der Waals surface area contributed by atoms with Gasteiger partial charge in [0.15, 0.2) is 0 Å². The van der Waals surface area contributed by atoms with Crippen molar-refractivity contribution in [1.29, 1.82) is 0 Å². The van der Waals surface area contributed by atoms with E-state index < -0.39 is 0 Å². The van der Waals surface area contributed by atoms with E-state index >= 15 is 0 Å². The third kappa shape index (κ3) is 5.09. The quantitative estimate of drug-likeness (QED) is 0.767. The van der Waals surface area contributed by atoms with Gasteiger partial charge in [-0.15, -0.1) is 0 Å². The van der Waals surface area contributed by atoms with E-state index in [0.717, 1.165) is 4.47 Å². The van der Waals surface area contributed by atoms with Crippen LogP contribution in [0.4, 0.5) is 0 Å². The van der Waals surface area contributed by atoms with Gasteiger partial charge in [-0.3, -0.25) is 4.79 Å². The third-order valence-corrected chi connectivity index (χ3v) is 3.39. The number of aromatic hydroxyl groups is 1. The van der Waals surface area contributed by atoms with E-state index in [1.165, 1.54) is 6.07 Å². The monoisotopic (exact) mass is 358 g/mol. The van der Waals surface area contributed by atoms with E-state index in [2.05, 4.69) is 15.9 Å². The normalized spacial score (nSPS) is 10.6. The molecule has 0 atom stereocenters. The Morgan fingerprint density at radius 1 is 1.50 bits per heavy atom. The highest BCUT2D eigenvalue weighted by atomic mass is 79.9. The van der Waals surface area contributed by atoms with Crippen molar-refractivity contribution in [3.05, 3.63) is 28.2 Å². The summed E-state index contributed by atoms with van der Waals surface area (Å²) in [6.07, 6.45) is 0.477. The van der Waals surface area contributed by atoms with Crippen molar-refractivity contribution in [2.45, 2.75) is 20.3 Å². The molecule has 0 spiro atoms. The molecule has 0 saturated carbocycles. The highest BCUT2D eigenvalue weighted by Crippen LogP contribution is 2.24. The van der Waals surface area contributed by atoms with Crippen LogP contribution in [-0.4, -0.2) is 34.0 Å². The van der Waals surface area contributed by atoms with Crippen LogP contribution in [0.15, 0.2) is 22.7 Å². The van der Waals surface area contributed by atoms with E-state index in [9.17, 15) is 9.90 Å². The number of amides is 1. The molecule has 0 fully saturated rings. The Morgan fingerprint density at radius 2 is 2.15 bits per heavy atom. The van der Waals surface area contributed by atoms with E-state index in [-0.39, 0.29) is 17.2 Å². The molecule has 4 nitrogen and oxygen atoms in total. The summed E-state index contributed by atoms with van der Waals surface area (Å²) in [5.41, 5.74) is 5.79. The van der Waals surface area contributed by atoms with Crippen LogP contribution >= 0.6 is 28.1 Å². The minimum Gasteiger partial charge on any atom is -0.507 e. The van der Waals surface area contributed by atoms with Crippen molar-refractivity contribution >= 4 is 39.0 Å². The molecule has 0 saturated heterocycles. The topological polar surface area (TPSA) is 66.6 Å². The second-order valence-electron chi connectivity index (χ2n) is 5.02. The van der Waals surface area contributed by atoms with Gasteiger partial charge in [-0.25, -0.2) is 0 Å². The fraction of sp³-hybridized carbons (Fsp3) is 0.429. The van der Waals surface area contributed by atoms with E-state index in [4.69, 9.17) is 18.0 Å². The molecular weight excluding hydrogens is 340 g/mol. The van der Waals surface area contributed by atoms with Gasteiger partial charge in [0.05, 0.1) is 10.6 Å². The predicted molar refractivity (Wildman–Crippen MR) is 88.0 cm³/mol.